The molecule has 0 spiro atoms. The number of hydrogen-bond acceptors (Lipinski definition) is 2. The van der Waals surface area contributed by atoms with Crippen molar-refractivity contribution in [3.63, 3.8) is 0 Å². The van der Waals surface area contributed by atoms with E-state index in [1.807, 2.05) is 27.7 Å². The molecule has 0 bridgehead atoms. The fraction of sp³-hybridized carbons (Fsp3) is 0.600. The minimum absolute atomic E-state index is 0.0351. The lowest BCUT2D eigenvalue weighted by Crippen LogP contribution is -2.42. The molecule has 1 aromatic rings. The maximum atomic E-state index is 13.0. The summed E-state index contributed by atoms with van der Waals surface area (Å²) < 4.78 is 29.2. The Bertz CT molecular complexity index is 569. The molecule has 0 fully saturated rings. The van der Waals surface area contributed by atoms with Gasteiger partial charge >= 0.3 is 0 Å². The van der Waals surface area contributed by atoms with Gasteiger partial charge in [-0.3, -0.25) is 0 Å². The zero-order valence-corrected chi connectivity index (χ0v) is 16.9. The molecule has 0 aliphatic carbocycles. The topological polar surface area (TPSA) is 37.4 Å². The molecule has 0 unspecified atom stereocenters. The van der Waals surface area contributed by atoms with Crippen molar-refractivity contribution in [1.29, 1.82) is 0 Å². The summed E-state index contributed by atoms with van der Waals surface area (Å²) in [6.45, 7) is 8.70. The Morgan fingerprint density at radius 1 is 1.14 bits per heavy atom. The monoisotopic (exact) mass is 439 g/mol. The van der Waals surface area contributed by atoms with Crippen molar-refractivity contribution < 1.29 is 8.42 Å². The molecule has 0 heterocycles. The van der Waals surface area contributed by atoms with Gasteiger partial charge in [0.2, 0.25) is 10.0 Å². The second-order valence-electron chi connectivity index (χ2n) is 5.51. The lowest BCUT2D eigenvalue weighted by Gasteiger charge is -2.31. The predicted molar refractivity (Wildman–Crippen MR) is 94.9 cm³/mol. The van der Waals surface area contributed by atoms with Gasteiger partial charge in [-0.1, -0.05) is 43.6 Å². The lowest BCUT2D eigenvalue weighted by molar-refractivity contribution is 0.277. The molecule has 3 nitrogen and oxygen atoms in total. The van der Waals surface area contributed by atoms with Crippen LogP contribution in [0.5, 0.6) is 0 Å². The van der Waals surface area contributed by atoms with E-state index in [9.17, 15) is 8.42 Å². The smallest absolute Gasteiger partial charge is 0.207 e. The molecule has 0 N–H and O–H groups in total. The summed E-state index contributed by atoms with van der Waals surface area (Å²) >= 11 is 6.73. The Kier molecular flexibility index (Phi) is 7.37. The van der Waals surface area contributed by atoms with Crippen LogP contribution in [0.25, 0.3) is 0 Å². The Balaban J connectivity index is 3.32. The average molecular weight is 441 g/mol. The molecule has 0 aliphatic heterocycles. The Morgan fingerprint density at radius 3 is 2.14 bits per heavy atom. The van der Waals surface area contributed by atoms with Gasteiger partial charge in [0.15, 0.2) is 0 Å². The van der Waals surface area contributed by atoms with Crippen molar-refractivity contribution >= 4 is 41.9 Å². The number of benzene rings is 1. The molecule has 0 saturated heterocycles. The van der Waals surface area contributed by atoms with Gasteiger partial charge in [-0.2, -0.15) is 4.31 Å². The van der Waals surface area contributed by atoms with Gasteiger partial charge < -0.3 is 0 Å². The van der Waals surface area contributed by atoms with Crippen LogP contribution in [-0.2, 0) is 10.0 Å². The summed E-state index contributed by atoms with van der Waals surface area (Å²) in [5, 5.41) is 0. The van der Waals surface area contributed by atoms with E-state index in [1.54, 1.807) is 22.5 Å². The van der Waals surface area contributed by atoms with Crippen LogP contribution in [0.2, 0.25) is 0 Å². The highest BCUT2D eigenvalue weighted by Gasteiger charge is 2.31. The molecule has 21 heavy (non-hydrogen) atoms. The maximum absolute atomic E-state index is 13.0. The Morgan fingerprint density at radius 2 is 1.71 bits per heavy atom. The van der Waals surface area contributed by atoms with Crippen molar-refractivity contribution in [2.75, 3.05) is 6.54 Å². The standard InChI is InChI=1S/C15H23Br2NO2S/c1-5-13(6-2)18(10-11(3)4)21(19,20)15-8-7-12(16)9-14(15)17/h7-9,11,13H,5-6,10H2,1-4H3. The molecule has 0 saturated carbocycles. The molecule has 1 aromatic carbocycles. The number of nitrogens with zero attached hydrogens (tertiary/aromatic N) is 1. The first-order chi connectivity index (χ1) is 9.73. The number of sulfonamides is 1. The van der Waals surface area contributed by atoms with Gasteiger partial charge in [0.1, 0.15) is 0 Å². The number of rotatable bonds is 7. The molecule has 6 heteroatoms. The summed E-state index contributed by atoms with van der Waals surface area (Å²) in [5.74, 6) is 0.287. The van der Waals surface area contributed by atoms with Gasteiger partial charge in [0.25, 0.3) is 0 Å². The van der Waals surface area contributed by atoms with Crippen LogP contribution in [0.4, 0.5) is 0 Å². The highest BCUT2D eigenvalue weighted by molar-refractivity contribution is 9.11. The maximum Gasteiger partial charge on any atom is 0.244 e. The van der Waals surface area contributed by atoms with Crippen LogP contribution in [0.1, 0.15) is 40.5 Å². The zero-order chi connectivity index (χ0) is 16.2. The van der Waals surface area contributed by atoms with E-state index in [0.717, 1.165) is 17.3 Å². The molecule has 0 aromatic heterocycles. The predicted octanol–water partition coefficient (Wildman–Crippen LogP) is 5.05. The Labute approximate surface area is 145 Å². The third-order valence-electron chi connectivity index (χ3n) is 3.38. The van der Waals surface area contributed by atoms with Crippen LogP contribution in [0, 0.1) is 5.92 Å². The number of halogens is 2. The van der Waals surface area contributed by atoms with Crippen LogP contribution >= 0.6 is 31.9 Å². The van der Waals surface area contributed by atoms with E-state index in [-0.39, 0.29) is 12.0 Å². The van der Waals surface area contributed by atoms with Crippen molar-refractivity contribution in [3.8, 4) is 0 Å². The molecule has 120 valence electrons. The third-order valence-corrected chi connectivity index (χ3v) is 6.76. The normalized spacial score (nSPS) is 12.6. The van der Waals surface area contributed by atoms with Crippen LogP contribution in [-0.4, -0.2) is 25.3 Å². The van der Waals surface area contributed by atoms with Crippen molar-refractivity contribution in [3.05, 3.63) is 27.1 Å². The van der Waals surface area contributed by atoms with Crippen molar-refractivity contribution in [1.82, 2.24) is 4.31 Å². The third kappa shape index (κ3) is 4.78. The molecule has 0 amide bonds. The largest absolute Gasteiger partial charge is 0.244 e. The van der Waals surface area contributed by atoms with Gasteiger partial charge in [0.05, 0.1) is 4.90 Å². The van der Waals surface area contributed by atoms with Gasteiger partial charge in [-0.05, 0) is 52.9 Å². The lowest BCUT2D eigenvalue weighted by atomic mass is 10.1. The summed E-state index contributed by atoms with van der Waals surface area (Å²) in [5.41, 5.74) is 0. The van der Waals surface area contributed by atoms with Crippen molar-refractivity contribution in [2.24, 2.45) is 5.92 Å². The van der Waals surface area contributed by atoms with Crippen LogP contribution in [0.15, 0.2) is 32.0 Å². The molecule has 0 aliphatic rings. The van der Waals surface area contributed by atoms with Gasteiger partial charge in [-0.25, -0.2) is 8.42 Å². The summed E-state index contributed by atoms with van der Waals surface area (Å²) in [6.07, 6.45) is 1.63. The highest BCUT2D eigenvalue weighted by atomic mass is 79.9. The number of hydrogen-bond donors (Lipinski definition) is 0. The van der Waals surface area contributed by atoms with Crippen molar-refractivity contribution in [2.45, 2.75) is 51.5 Å². The van der Waals surface area contributed by atoms with Crippen LogP contribution < -0.4 is 0 Å². The minimum atomic E-state index is -3.50. The Hall–Kier alpha value is 0.0900. The minimum Gasteiger partial charge on any atom is -0.207 e. The second-order valence-corrected chi connectivity index (χ2v) is 9.14. The average Bonchev–Trinajstić information content (AvgIpc) is 2.38. The summed E-state index contributed by atoms with van der Waals surface area (Å²) in [7, 11) is -3.50. The quantitative estimate of drug-likeness (QED) is 0.594. The summed E-state index contributed by atoms with van der Waals surface area (Å²) in [6, 6.07) is 5.22. The molecular formula is C15H23Br2NO2S. The van der Waals surface area contributed by atoms with Gasteiger partial charge in [-0.15, -0.1) is 0 Å². The van der Waals surface area contributed by atoms with E-state index < -0.39 is 10.0 Å². The SMILES string of the molecule is CCC(CC)N(CC(C)C)S(=O)(=O)c1ccc(Br)cc1Br. The first-order valence-corrected chi connectivity index (χ1v) is 10.2. The van der Waals surface area contributed by atoms with E-state index in [2.05, 4.69) is 31.9 Å². The van der Waals surface area contributed by atoms with E-state index in [4.69, 9.17) is 0 Å². The van der Waals surface area contributed by atoms with E-state index in [0.29, 0.717) is 15.9 Å². The fourth-order valence-electron chi connectivity index (χ4n) is 2.31. The first-order valence-electron chi connectivity index (χ1n) is 7.20. The van der Waals surface area contributed by atoms with Gasteiger partial charge in [0, 0.05) is 21.5 Å². The molecule has 1 rings (SSSR count). The highest BCUT2D eigenvalue weighted by Crippen LogP contribution is 2.30. The molecular weight excluding hydrogens is 418 g/mol. The zero-order valence-electron chi connectivity index (χ0n) is 12.9. The first kappa shape index (κ1) is 19.1. The second kappa shape index (κ2) is 8.09. The van der Waals surface area contributed by atoms with Crippen LogP contribution in [0.3, 0.4) is 0 Å². The molecule has 0 radical (unpaired) electrons. The molecule has 0 atom stereocenters. The fourth-order valence-corrected chi connectivity index (χ4v) is 5.95. The summed E-state index contributed by atoms with van der Waals surface area (Å²) in [4.78, 5) is 0.332. The van der Waals surface area contributed by atoms with E-state index in [1.165, 1.54) is 0 Å². The van der Waals surface area contributed by atoms with E-state index >= 15 is 0 Å².